The molecule has 2 aromatic heterocycles. The Kier molecular flexibility index (Phi) is 14.2. The SMILES string of the molecule is C1=Cc2cc(-c3cc(-c4ccccc4)nc(-c4ccc(-c5ccc6c(c5)Oc5cc(-c7ccc(-c8cc(-c9ccc%10c(ccc%11ccccc%11%10)c9)nc(-c9ccc(-c%10ccc%11c(c%10)Oc%10ccccc%10C%11%10c%11ccccc%11-c%11ccccc%11%10)cc9)n8)cc7)ccc5C65c6ccccc6-c6ccccc65)cc4)n3)cc3cccc(c23)C1. The van der Waals surface area contributed by atoms with Crippen LogP contribution < -0.4 is 9.47 Å². The molecule has 0 saturated carbocycles. The van der Waals surface area contributed by atoms with Crippen molar-refractivity contribution >= 4 is 38.4 Å². The molecule has 0 amide bonds. The number of hydrogen-bond donors (Lipinski definition) is 0. The summed E-state index contributed by atoms with van der Waals surface area (Å²) in [7, 11) is 0. The number of aromatic nitrogens is 4. The highest BCUT2D eigenvalue weighted by molar-refractivity contribution is 6.09. The van der Waals surface area contributed by atoms with E-state index in [0.717, 1.165) is 147 Å². The number of hydrogen-bond acceptors (Lipinski definition) is 6. The molecule has 17 aromatic carbocycles. The molecule has 6 heteroatoms. The summed E-state index contributed by atoms with van der Waals surface area (Å²) in [5, 5.41) is 7.32. The molecule has 5 aliphatic rings. The Morgan fingerprint density at radius 3 is 1.16 bits per heavy atom. The van der Waals surface area contributed by atoms with Crippen LogP contribution in [0.1, 0.15) is 55.6 Å². The molecule has 19 aromatic rings. The van der Waals surface area contributed by atoms with Crippen molar-refractivity contribution in [1.82, 2.24) is 19.9 Å². The summed E-state index contributed by atoms with van der Waals surface area (Å²) >= 11 is 0. The standard InChI is InChI=1S/C109H66N4O2/c1-2-19-70(20-3-1)97-65-100(82-59-80-23-16-21-72-22-17-24-81(60-82)105(72)80)113-107(110-97)74-47-40-68(41-48-74)77-53-57-96-104(63-77)115-103-62-76(52-56-95(103)109(96)91-32-12-8-28-87(91)88-29-9-13-33-92(88)109)66-36-43-71(44-37-66)98-64-99(79-50-54-84-78(58-79)49-42-69-18-4-5-25-83(69)84)112-106(111-98)73-45-38-67(39-46-73)75-51-55-94-102(61-75)114-101-35-15-14-34-93(101)108(94)89-30-10-6-26-85(89)86-27-7-11-31-90(86)108/h1-21,23-65H,22H2. The Balaban J connectivity index is 0.579. The minimum absolute atomic E-state index is 0.533. The van der Waals surface area contributed by atoms with Crippen molar-refractivity contribution in [1.29, 1.82) is 0 Å². The Morgan fingerprint density at radius 1 is 0.226 bits per heavy atom. The molecular weight excluding hydrogens is 1400 g/mol. The number of allylic oxidation sites excluding steroid dienone is 1. The van der Waals surface area contributed by atoms with Gasteiger partial charge >= 0.3 is 0 Å². The molecule has 0 bridgehead atoms. The molecule has 0 saturated heterocycles. The second kappa shape index (κ2) is 25.3. The molecule has 2 spiro atoms. The van der Waals surface area contributed by atoms with E-state index in [1.165, 1.54) is 82.6 Å². The third kappa shape index (κ3) is 9.95. The number of para-hydroxylation sites is 1. The van der Waals surface area contributed by atoms with E-state index < -0.39 is 10.8 Å². The lowest BCUT2D eigenvalue weighted by molar-refractivity contribution is 0.436. The third-order valence-corrected chi connectivity index (χ3v) is 24.8. The van der Waals surface area contributed by atoms with Gasteiger partial charge in [0.1, 0.15) is 23.0 Å². The van der Waals surface area contributed by atoms with E-state index in [-0.39, 0.29) is 0 Å². The first-order valence-electron chi connectivity index (χ1n) is 39.5. The van der Waals surface area contributed by atoms with Crippen LogP contribution >= 0.6 is 0 Å². The maximum Gasteiger partial charge on any atom is 0.160 e. The van der Waals surface area contributed by atoms with Crippen LogP contribution in [-0.4, -0.2) is 19.9 Å². The van der Waals surface area contributed by atoms with Crippen molar-refractivity contribution < 1.29 is 9.47 Å². The van der Waals surface area contributed by atoms with Crippen LogP contribution in [0, 0.1) is 0 Å². The Bertz CT molecular complexity index is 7270. The van der Waals surface area contributed by atoms with E-state index in [4.69, 9.17) is 29.4 Å². The number of benzene rings is 17. The fourth-order valence-electron chi connectivity index (χ4n) is 19.6. The van der Waals surface area contributed by atoms with Gasteiger partial charge in [0.05, 0.1) is 33.6 Å². The highest BCUT2D eigenvalue weighted by Crippen LogP contribution is 2.65. The summed E-state index contributed by atoms with van der Waals surface area (Å²) in [6.45, 7) is 0. The molecule has 534 valence electrons. The minimum Gasteiger partial charge on any atom is -0.457 e. The van der Waals surface area contributed by atoms with Gasteiger partial charge in [-0.1, -0.05) is 334 Å². The molecular formula is C109H66N4O2. The minimum atomic E-state index is -0.660. The Labute approximate surface area is 665 Å². The molecule has 0 atom stereocenters. The summed E-state index contributed by atoms with van der Waals surface area (Å²) < 4.78 is 14.3. The zero-order chi connectivity index (χ0) is 75.5. The largest absolute Gasteiger partial charge is 0.457 e. The zero-order valence-corrected chi connectivity index (χ0v) is 62.3. The van der Waals surface area contributed by atoms with Crippen LogP contribution in [0.2, 0.25) is 0 Å². The van der Waals surface area contributed by atoms with Crippen LogP contribution in [0.3, 0.4) is 0 Å². The number of fused-ring (bicyclic) bond motifs is 21. The summed E-state index contributed by atoms with van der Waals surface area (Å²) in [6, 6.07) is 136. The van der Waals surface area contributed by atoms with Gasteiger partial charge in [0, 0.05) is 55.6 Å². The van der Waals surface area contributed by atoms with Crippen molar-refractivity contribution in [3.63, 3.8) is 0 Å². The lowest BCUT2D eigenvalue weighted by Crippen LogP contribution is -2.32. The molecule has 3 aliphatic carbocycles. The Hall–Kier alpha value is -15.0. The van der Waals surface area contributed by atoms with Gasteiger partial charge in [0.25, 0.3) is 0 Å². The number of rotatable bonds is 9. The summed E-state index contributed by atoms with van der Waals surface area (Å²) in [5.74, 6) is 4.64. The molecule has 115 heavy (non-hydrogen) atoms. The van der Waals surface area contributed by atoms with E-state index in [2.05, 4.69) is 382 Å². The van der Waals surface area contributed by atoms with Gasteiger partial charge in [-0.3, -0.25) is 0 Å². The first kappa shape index (κ1) is 64.8. The monoisotopic (exact) mass is 1460 g/mol. The van der Waals surface area contributed by atoms with Gasteiger partial charge in [-0.25, -0.2) is 19.9 Å². The van der Waals surface area contributed by atoms with Gasteiger partial charge in [-0.15, -0.1) is 0 Å². The van der Waals surface area contributed by atoms with Crippen LogP contribution in [0.5, 0.6) is 23.0 Å². The molecule has 6 nitrogen and oxygen atoms in total. The average Bonchev–Trinajstić information content (AvgIpc) is 1.54. The van der Waals surface area contributed by atoms with E-state index >= 15 is 0 Å². The summed E-state index contributed by atoms with van der Waals surface area (Å²) in [5.41, 5.74) is 31.5. The highest BCUT2D eigenvalue weighted by Gasteiger charge is 2.53. The lowest BCUT2D eigenvalue weighted by atomic mass is 9.65. The van der Waals surface area contributed by atoms with Crippen LogP contribution in [0.4, 0.5) is 0 Å². The van der Waals surface area contributed by atoms with E-state index in [1.54, 1.807) is 0 Å². The maximum atomic E-state index is 7.39. The third-order valence-electron chi connectivity index (χ3n) is 24.8. The second-order valence-corrected chi connectivity index (χ2v) is 30.9. The van der Waals surface area contributed by atoms with Crippen molar-refractivity contribution in [2.45, 2.75) is 17.3 Å². The quantitative estimate of drug-likeness (QED) is 0.134. The van der Waals surface area contributed by atoms with Gasteiger partial charge in [-0.2, -0.15) is 0 Å². The zero-order valence-electron chi connectivity index (χ0n) is 62.3. The smallest absolute Gasteiger partial charge is 0.160 e. The van der Waals surface area contributed by atoms with E-state index in [0.29, 0.717) is 11.6 Å². The van der Waals surface area contributed by atoms with Gasteiger partial charge in [0.15, 0.2) is 11.6 Å². The molecule has 0 N–H and O–H groups in total. The molecule has 0 unspecified atom stereocenters. The van der Waals surface area contributed by atoms with Crippen molar-refractivity contribution in [2.75, 3.05) is 0 Å². The van der Waals surface area contributed by atoms with Crippen LogP contribution in [-0.2, 0) is 17.3 Å². The molecule has 0 radical (unpaired) electrons. The van der Waals surface area contributed by atoms with Crippen molar-refractivity contribution in [3.8, 4) is 146 Å². The average molecular weight is 1460 g/mol. The predicted octanol–water partition coefficient (Wildman–Crippen LogP) is 27.2. The van der Waals surface area contributed by atoms with Gasteiger partial charge < -0.3 is 9.47 Å². The number of ether oxygens (including phenoxy) is 2. The molecule has 2 aliphatic heterocycles. The van der Waals surface area contributed by atoms with Crippen molar-refractivity contribution in [2.24, 2.45) is 0 Å². The molecule has 24 rings (SSSR count). The van der Waals surface area contributed by atoms with E-state index in [1.807, 2.05) is 6.07 Å². The molecule has 4 heterocycles. The normalized spacial score (nSPS) is 13.6. The predicted molar refractivity (Wildman–Crippen MR) is 467 cm³/mol. The first-order chi connectivity index (χ1) is 56.9. The second-order valence-electron chi connectivity index (χ2n) is 30.9. The topological polar surface area (TPSA) is 70.0 Å². The van der Waals surface area contributed by atoms with Crippen LogP contribution in [0.25, 0.3) is 162 Å². The molecule has 0 fully saturated rings. The summed E-state index contributed by atoms with van der Waals surface area (Å²) in [6.07, 6.45) is 5.45. The highest BCUT2D eigenvalue weighted by atomic mass is 16.5. The summed E-state index contributed by atoms with van der Waals surface area (Å²) in [4.78, 5) is 21.5. The Morgan fingerprint density at radius 2 is 0.609 bits per heavy atom. The lowest BCUT2D eigenvalue weighted by Gasteiger charge is -2.39. The van der Waals surface area contributed by atoms with Gasteiger partial charge in [0.2, 0.25) is 0 Å². The first-order valence-corrected chi connectivity index (χ1v) is 39.5. The van der Waals surface area contributed by atoms with Crippen LogP contribution in [0.15, 0.2) is 382 Å². The van der Waals surface area contributed by atoms with Gasteiger partial charge in [-0.05, 0) is 182 Å². The fraction of sp³-hybridized carbons (Fsp3) is 0.0275. The maximum absolute atomic E-state index is 7.39. The van der Waals surface area contributed by atoms with Crippen molar-refractivity contribution in [3.05, 3.63) is 438 Å². The van der Waals surface area contributed by atoms with E-state index in [9.17, 15) is 0 Å². The number of nitrogens with zero attached hydrogens (tertiary/aromatic N) is 4. The fourth-order valence-corrected chi connectivity index (χ4v) is 19.6.